The van der Waals surface area contributed by atoms with E-state index in [1.807, 2.05) is 0 Å². The summed E-state index contributed by atoms with van der Waals surface area (Å²) in [6, 6.07) is 0. The molecule has 3 N–H and O–H groups in total. The molecule has 0 aromatic rings. The molecule has 0 aliphatic heterocycles. The highest BCUT2D eigenvalue weighted by atomic mass is 127. The van der Waals surface area contributed by atoms with Gasteiger partial charge in [-0.2, -0.15) is 0 Å². The Labute approximate surface area is 165 Å². The molecule has 0 saturated heterocycles. The van der Waals surface area contributed by atoms with Crippen molar-refractivity contribution in [1.82, 2.24) is 10.6 Å². The lowest BCUT2D eigenvalue weighted by atomic mass is 9.73. The second-order valence-electron chi connectivity index (χ2n) is 7.36. The predicted octanol–water partition coefficient (Wildman–Crippen LogP) is 3.16. The first kappa shape index (κ1) is 23.9. The Bertz CT molecular complexity index is 353. The summed E-state index contributed by atoms with van der Waals surface area (Å²) >= 11 is 0. The van der Waals surface area contributed by atoms with E-state index >= 15 is 0 Å². The first-order valence-corrected chi connectivity index (χ1v) is 9.26. The number of aliphatic hydroxyl groups is 1. The second kappa shape index (κ2) is 13.2. The van der Waals surface area contributed by atoms with Gasteiger partial charge in [0.05, 0.1) is 12.6 Å². The molecular weight excluding hydrogens is 417 g/mol. The van der Waals surface area contributed by atoms with E-state index in [1.54, 1.807) is 0 Å². The molecular formula is C18H38IN3O2. The molecule has 2 unspecified atom stereocenters. The lowest BCUT2D eigenvalue weighted by molar-refractivity contribution is 0.00716. The van der Waals surface area contributed by atoms with E-state index < -0.39 is 0 Å². The van der Waals surface area contributed by atoms with Gasteiger partial charge in [0.25, 0.3) is 0 Å². The van der Waals surface area contributed by atoms with E-state index in [-0.39, 0.29) is 35.5 Å². The normalized spacial score (nSPS) is 24.6. The first-order valence-electron chi connectivity index (χ1n) is 9.26. The standard InChI is InChI=1S/C18H37N3O2.HI/c1-5-19-17(20-11-8-12-23-13-15(2)3)21-14-18(4)10-7-6-9-16(18)22;/h15-16,22H,5-14H2,1-4H3,(H2,19,20,21);1H. The number of aliphatic hydroxyl groups excluding tert-OH is 1. The number of rotatable bonds is 9. The molecule has 6 heteroatoms. The topological polar surface area (TPSA) is 65.9 Å². The Morgan fingerprint density at radius 2 is 2.08 bits per heavy atom. The van der Waals surface area contributed by atoms with Gasteiger partial charge in [-0.1, -0.05) is 33.6 Å². The second-order valence-corrected chi connectivity index (χ2v) is 7.36. The zero-order chi connectivity index (χ0) is 17.1. The number of aliphatic imine (C=N–C) groups is 1. The van der Waals surface area contributed by atoms with Gasteiger partial charge < -0.3 is 20.5 Å². The summed E-state index contributed by atoms with van der Waals surface area (Å²) < 4.78 is 5.59. The molecule has 1 aliphatic carbocycles. The summed E-state index contributed by atoms with van der Waals surface area (Å²) in [5.41, 5.74) is -0.0824. The Morgan fingerprint density at radius 1 is 1.33 bits per heavy atom. The van der Waals surface area contributed by atoms with Crippen LogP contribution in [0.2, 0.25) is 0 Å². The predicted molar refractivity (Wildman–Crippen MR) is 112 cm³/mol. The quantitative estimate of drug-likeness (QED) is 0.216. The van der Waals surface area contributed by atoms with Gasteiger partial charge in [-0.3, -0.25) is 4.99 Å². The summed E-state index contributed by atoms with van der Waals surface area (Å²) in [5, 5.41) is 16.9. The van der Waals surface area contributed by atoms with Crippen LogP contribution in [-0.4, -0.2) is 50.0 Å². The van der Waals surface area contributed by atoms with Crippen LogP contribution in [0.4, 0.5) is 0 Å². The van der Waals surface area contributed by atoms with E-state index in [1.165, 1.54) is 6.42 Å². The Balaban J connectivity index is 0.00000529. The maximum Gasteiger partial charge on any atom is 0.191 e. The number of nitrogens with one attached hydrogen (secondary N) is 2. The minimum atomic E-state index is -0.229. The molecule has 0 aromatic carbocycles. The smallest absolute Gasteiger partial charge is 0.191 e. The van der Waals surface area contributed by atoms with E-state index in [0.29, 0.717) is 12.5 Å². The molecule has 5 nitrogen and oxygen atoms in total. The molecule has 24 heavy (non-hydrogen) atoms. The van der Waals surface area contributed by atoms with Gasteiger partial charge in [0, 0.05) is 31.7 Å². The van der Waals surface area contributed by atoms with Gasteiger partial charge in [-0.25, -0.2) is 0 Å². The third kappa shape index (κ3) is 9.42. The number of ether oxygens (including phenoxy) is 1. The zero-order valence-corrected chi connectivity index (χ0v) is 18.3. The Morgan fingerprint density at radius 3 is 2.71 bits per heavy atom. The van der Waals surface area contributed by atoms with Crippen molar-refractivity contribution >= 4 is 29.9 Å². The third-order valence-electron chi connectivity index (χ3n) is 4.43. The van der Waals surface area contributed by atoms with Crippen LogP contribution in [0, 0.1) is 11.3 Å². The zero-order valence-electron chi connectivity index (χ0n) is 15.9. The van der Waals surface area contributed by atoms with Crippen LogP contribution in [0.1, 0.15) is 59.8 Å². The lowest BCUT2D eigenvalue weighted by Gasteiger charge is -2.37. The molecule has 144 valence electrons. The largest absolute Gasteiger partial charge is 0.392 e. The molecule has 2 atom stereocenters. The number of hydrogen-bond donors (Lipinski definition) is 3. The van der Waals surface area contributed by atoms with E-state index in [9.17, 15) is 5.11 Å². The third-order valence-corrected chi connectivity index (χ3v) is 4.43. The van der Waals surface area contributed by atoms with Crippen molar-refractivity contribution < 1.29 is 9.84 Å². The van der Waals surface area contributed by atoms with Crippen LogP contribution in [0.25, 0.3) is 0 Å². The molecule has 0 amide bonds. The summed E-state index contributed by atoms with van der Waals surface area (Å²) in [7, 11) is 0. The van der Waals surface area contributed by atoms with Crippen molar-refractivity contribution in [3.8, 4) is 0 Å². The Hall–Kier alpha value is -0.0800. The van der Waals surface area contributed by atoms with Gasteiger partial charge in [0.1, 0.15) is 0 Å². The average Bonchev–Trinajstić information content (AvgIpc) is 2.51. The van der Waals surface area contributed by atoms with Gasteiger partial charge in [-0.05, 0) is 32.1 Å². The SMILES string of the molecule is CCNC(=NCC1(C)CCCCC1O)NCCCOCC(C)C.I. The monoisotopic (exact) mass is 455 g/mol. The van der Waals surface area contributed by atoms with Crippen molar-refractivity contribution in [2.45, 2.75) is 65.9 Å². The minimum absolute atomic E-state index is 0. The van der Waals surface area contributed by atoms with Crippen LogP contribution in [0.5, 0.6) is 0 Å². The molecule has 1 aliphatic rings. The first-order chi connectivity index (χ1) is 11.0. The summed E-state index contributed by atoms with van der Waals surface area (Å²) in [6.45, 7) is 12.5. The highest BCUT2D eigenvalue weighted by Crippen LogP contribution is 2.36. The summed E-state index contributed by atoms with van der Waals surface area (Å²) in [6.07, 6.45) is 5.03. The fourth-order valence-electron chi connectivity index (χ4n) is 2.87. The van der Waals surface area contributed by atoms with Crippen LogP contribution in [0.15, 0.2) is 4.99 Å². The Kier molecular flexibility index (Phi) is 13.1. The lowest BCUT2D eigenvalue weighted by Crippen LogP contribution is -2.42. The van der Waals surface area contributed by atoms with Crippen molar-refractivity contribution in [2.75, 3.05) is 32.8 Å². The molecule has 0 heterocycles. The maximum atomic E-state index is 10.3. The maximum absolute atomic E-state index is 10.3. The van der Waals surface area contributed by atoms with Crippen LogP contribution in [-0.2, 0) is 4.74 Å². The van der Waals surface area contributed by atoms with Crippen molar-refractivity contribution in [2.24, 2.45) is 16.3 Å². The number of halogens is 1. The molecule has 1 saturated carbocycles. The van der Waals surface area contributed by atoms with Crippen LogP contribution in [0.3, 0.4) is 0 Å². The minimum Gasteiger partial charge on any atom is -0.392 e. The van der Waals surface area contributed by atoms with Crippen LogP contribution >= 0.6 is 24.0 Å². The molecule has 1 fully saturated rings. The highest BCUT2D eigenvalue weighted by Gasteiger charge is 2.35. The van der Waals surface area contributed by atoms with Gasteiger partial charge in [0.2, 0.25) is 0 Å². The van der Waals surface area contributed by atoms with Gasteiger partial charge in [0.15, 0.2) is 5.96 Å². The van der Waals surface area contributed by atoms with Crippen molar-refractivity contribution in [3.63, 3.8) is 0 Å². The number of hydrogen-bond acceptors (Lipinski definition) is 3. The van der Waals surface area contributed by atoms with E-state index in [4.69, 9.17) is 9.73 Å². The molecule has 1 rings (SSSR count). The summed E-state index contributed by atoms with van der Waals surface area (Å²) in [5.74, 6) is 1.43. The fraction of sp³-hybridized carbons (Fsp3) is 0.944. The number of guanidine groups is 1. The molecule has 0 spiro atoms. The van der Waals surface area contributed by atoms with E-state index in [2.05, 4.69) is 38.3 Å². The van der Waals surface area contributed by atoms with Crippen LogP contribution < -0.4 is 10.6 Å². The molecule has 0 bridgehead atoms. The van der Waals surface area contributed by atoms with Gasteiger partial charge >= 0.3 is 0 Å². The van der Waals surface area contributed by atoms with Crippen molar-refractivity contribution in [1.29, 1.82) is 0 Å². The highest BCUT2D eigenvalue weighted by molar-refractivity contribution is 14.0. The molecule has 0 radical (unpaired) electrons. The summed E-state index contributed by atoms with van der Waals surface area (Å²) in [4.78, 5) is 4.70. The van der Waals surface area contributed by atoms with Gasteiger partial charge in [-0.15, -0.1) is 24.0 Å². The van der Waals surface area contributed by atoms with E-state index in [0.717, 1.165) is 57.9 Å². The van der Waals surface area contributed by atoms with Crippen molar-refractivity contribution in [3.05, 3.63) is 0 Å². The molecule has 0 aromatic heterocycles. The number of nitrogens with zero attached hydrogens (tertiary/aromatic N) is 1. The fourth-order valence-corrected chi connectivity index (χ4v) is 2.87. The average molecular weight is 455 g/mol.